The maximum Gasteiger partial charge on any atom is 0.242 e. The molecule has 0 unspecified atom stereocenters. The summed E-state index contributed by atoms with van der Waals surface area (Å²) in [4.78, 5) is 0.211. The van der Waals surface area contributed by atoms with Crippen molar-refractivity contribution in [2.24, 2.45) is 0 Å². The predicted octanol–water partition coefficient (Wildman–Crippen LogP) is 3.08. The fourth-order valence-electron chi connectivity index (χ4n) is 1.55. The minimum Gasteiger partial charge on any atom is -0.468 e. The first-order chi connectivity index (χ1) is 8.50. The van der Waals surface area contributed by atoms with E-state index in [9.17, 15) is 8.42 Å². The van der Waals surface area contributed by atoms with E-state index in [2.05, 4.69) is 20.7 Å². The lowest BCUT2D eigenvalue weighted by atomic mass is 10.3. The first-order valence-electron chi connectivity index (χ1n) is 5.31. The number of benzene rings is 1. The quantitative estimate of drug-likeness (QED) is 0.937. The Labute approximate surface area is 114 Å². The highest BCUT2D eigenvalue weighted by Gasteiger charge is 2.21. The smallest absolute Gasteiger partial charge is 0.242 e. The van der Waals surface area contributed by atoms with Crippen LogP contribution in [0.3, 0.4) is 0 Å². The lowest BCUT2D eigenvalue weighted by Gasteiger charge is -2.12. The third-order valence-electron chi connectivity index (χ3n) is 2.43. The molecule has 2 aromatic rings. The van der Waals surface area contributed by atoms with Gasteiger partial charge in [-0.15, -0.1) is 0 Å². The maximum atomic E-state index is 12.2. The minimum absolute atomic E-state index is 0.211. The summed E-state index contributed by atoms with van der Waals surface area (Å²) in [6.07, 6.45) is 1.51. The molecule has 1 atom stereocenters. The van der Waals surface area contributed by atoms with Crippen LogP contribution in [0.25, 0.3) is 0 Å². The van der Waals surface area contributed by atoms with E-state index in [0.717, 1.165) is 0 Å². The lowest BCUT2D eigenvalue weighted by molar-refractivity contribution is 0.459. The number of furan rings is 1. The zero-order valence-electron chi connectivity index (χ0n) is 9.63. The normalized spacial score (nSPS) is 13.4. The van der Waals surface area contributed by atoms with Gasteiger partial charge in [-0.2, -0.15) is 0 Å². The summed E-state index contributed by atoms with van der Waals surface area (Å²) in [5, 5.41) is 0. The van der Waals surface area contributed by atoms with Crippen LogP contribution in [-0.4, -0.2) is 8.42 Å². The summed E-state index contributed by atoms with van der Waals surface area (Å²) in [5.74, 6) is 0.575. The van der Waals surface area contributed by atoms with Crippen molar-refractivity contribution < 1.29 is 12.8 Å². The Hall–Kier alpha value is -1.11. The maximum absolute atomic E-state index is 12.2. The van der Waals surface area contributed by atoms with Crippen molar-refractivity contribution in [1.29, 1.82) is 0 Å². The van der Waals surface area contributed by atoms with Gasteiger partial charge in [-0.05, 0) is 47.1 Å². The van der Waals surface area contributed by atoms with Gasteiger partial charge < -0.3 is 4.42 Å². The van der Waals surface area contributed by atoms with Crippen molar-refractivity contribution in [3.05, 3.63) is 52.9 Å². The first kappa shape index (κ1) is 13.3. The van der Waals surface area contributed by atoms with Gasteiger partial charge in [0.05, 0.1) is 17.2 Å². The van der Waals surface area contributed by atoms with E-state index in [1.165, 1.54) is 6.26 Å². The number of hydrogen-bond acceptors (Lipinski definition) is 3. The topological polar surface area (TPSA) is 59.3 Å². The van der Waals surface area contributed by atoms with E-state index >= 15 is 0 Å². The number of rotatable bonds is 4. The van der Waals surface area contributed by atoms with Crippen molar-refractivity contribution >= 4 is 26.0 Å². The average Bonchev–Trinajstić information content (AvgIpc) is 2.82. The summed E-state index contributed by atoms with van der Waals surface area (Å²) >= 11 is 3.23. The molecule has 18 heavy (non-hydrogen) atoms. The molecule has 1 N–H and O–H groups in total. The minimum atomic E-state index is -3.57. The zero-order chi connectivity index (χ0) is 13.2. The van der Waals surface area contributed by atoms with Crippen LogP contribution in [0.1, 0.15) is 18.7 Å². The molecule has 6 heteroatoms. The molecule has 1 aromatic carbocycles. The van der Waals surface area contributed by atoms with Gasteiger partial charge in [-0.1, -0.05) is 12.1 Å². The molecule has 96 valence electrons. The van der Waals surface area contributed by atoms with E-state index in [1.807, 2.05) is 0 Å². The summed E-state index contributed by atoms with van der Waals surface area (Å²) in [6, 6.07) is 9.70. The Balaban J connectivity index is 2.26. The molecule has 0 saturated carbocycles. The standard InChI is InChI=1S/C12H12BrNO3S/c1-9(11-6-4-8-17-11)14-18(15,16)12-7-3-2-5-10(12)13/h2-9,14H,1H3/t9-/m1/s1. The molecule has 0 saturated heterocycles. The molecule has 0 spiro atoms. The van der Waals surface area contributed by atoms with Crippen LogP contribution in [0.15, 0.2) is 56.4 Å². The SMILES string of the molecule is C[C@@H](NS(=O)(=O)c1ccccc1Br)c1ccco1. The summed E-state index contributed by atoms with van der Waals surface area (Å²) < 4.78 is 32.6. The molecule has 0 amide bonds. The zero-order valence-corrected chi connectivity index (χ0v) is 12.0. The fourth-order valence-corrected chi connectivity index (χ4v) is 3.77. The van der Waals surface area contributed by atoms with Crippen molar-refractivity contribution in [3.8, 4) is 0 Å². The molecule has 1 aromatic heterocycles. The van der Waals surface area contributed by atoms with E-state index in [-0.39, 0.29) is 4.90 Å². The molecule has 0 aliphatic heterocycles. The van der Waals surface area contributed by atoms with Crippen molar-refractivity contribution in [1.82, 2.24) is 4.72 Å². The Morgan fingerprint density at radius 2 is 1.94 bits per heavy atom. The van der Waals surface area contributed by atoms with Gasteiger partial charge >= 0.3 is 0 Å². The molecule has 2 rings (SSSR count). The molecular weight excluding hydrogens is 318 g/mol. The van der Waals surface area contributed by atoms with Crippen LogP contribution in [0.4, 0.5) is 0 Å². The second kappa shape index (κ2) is 5.26. The van der Waals surface area contributed by atoms with Crippen LogP contribution in [-0.2, 0) is 10.0 Å². The van der Waals surface area contributed by atoms with Gasteiger partial charge in [0, 0.05) is 4.47 Å². The molecule has 0 aliphatic rings. The molecule has 0 fully saturated rings. The van der Waals surface area contributed by atoms with Gasteiger partial charge in [0.15, 0.2) is 0 Å². The summed E-state index contributed by atoms with van der Waals surface area (Å²) in [7, 11) is -3.57. The number of hydrogen-bond donors (Lipinski definition) is 1. The molecule has 0 bridgehead atoms. The van der Waals surface area contributed by atoms with E-state index in [0.29, 0.717) is 10.2 Å². The Morgan fingerprint density at radius 3 is 2.56 bits per heavy atom. The first-order valence-corrected chi connectivity index (χ1v) is 7.58. The van der Waals surface area contributed by atoms with Crippen LogP contribution in [0.5, 0.6) is 0 Å². The van der Waals surface area contributed by atoms with Crippen LogP contribution >= 0.6 is 15.9 Å². The number of nitrogens with one attached hydrogen (secondary N) is 1. The van der Waals surface area contributed by atoms with Crippen LogP contribution < -0.4 is 4.72 Å². The van der Waals surface area contributed by atoms with Crippen LogP contribution in [0, 0.1) is 0 Å². The Morgan fingerprint density at radius 1 is 1.22 bits per heavy atom. The van der Waals surface area contributed by atoms with E-state index in [4.69, 9.17) is 4.42 Å². The van der Waals surface area contributed by atoms with E-state index in [1.54, 1.807) is 43.3 Å². The summed E-state index contributed by atoms with van der Waals surface area (Å²) in [5.41, 5.74) is 0. The molecule has 0 aliphatic carbocycles. The Bertz CT molecular complexity index is 623. The third kappa shape index (κ3) is 2.82. The predicted molar refractivity (Wildman–Crippen MR) is 71.6 cm³/mol. The van der Waals surface area contributed by atoms with Gasteiger partial charge in [0.2, 0.25) is 10.0 Å². The fraction of sp³-hybridized carbons (Fsp3) is 0.167. The van der Waals surface area contributed by atoms with Gasteiger partial charge in [-0.3, -0.25) is 0 Å². The molecule has 4 nitrogen and oxygen atoms in total. The monoisotopic (exact) mass is 329 g/mol. The third-order valence-corrected chi connectivity index (χ3v) is 4.98. The highest BCUT2D eigenvalue weighted by atomic mass is 79.9. The lowest BCUT2D eigenvalue weighted by Crippen LogP contribution is -2.26. The van der Waals surface area contributed by atoms with Crippen molar-refractivity contribution in [2.45, 2.75) is 17.9 Å². The van der Waals surface area contributed by atoms with Crippen molar-refractivity contribution in [2.75, 3.05) is 0 Å². The molecule has 1 heterocycles. The Kier molecular flexibility index (Phi) is 3.89. The van der Waals surface area contributed by atoms with Gasteiger partial charge in [0.1, 0.15) is 5.76 Å². The highest BCUT2D eigenvalue weighted by molar-refractivity contribution is 9.10. The summed E-state index contributed by atoms with van der Waals surface area (Å²) in [6.45, 7) is 1.73. The molecular formula is C12H12BrNO3S. The number of sulfonamides is 1. The largest absolute Gasteiger partial charge is 0.468 e. The van der Waals surface area contributed by atoms with Crippen LogP contribution in [0.2, 0.25) is 0 Å². The molecule has 0 radical (unpaired) electrons. The van der Waals surface area contributed by atoms with Gasteiger partial charge in [0.25, 0.3) is 0 Å². The second-order valence-corrected chi connectivity index (χ2v) is 6.33. The van der Waals surface area contributed by atoms with E-state index < -0.39 is 16.1 Å². The highest BCUT2D eigenvalue weighted by Crippen LogP contribution is 2.23. The second-order valence-electron chi connectivity index (χ2n) is 3.79. The average molecular weight is 330 g/mol. The van der Waals surface area contributed by atoms with Crippen molar-refractivity contribution in [3.63, 3.8) is 0 Å². The van der Waals surface area contributed by atoms with Gasteiger partial charge in [-0.25, -0.2) is 13.1 Å². The number of halogens is 1.